The van der Waals surface area contributed by atoms with Crippen molar-refractivity contribution in [3.8, 4) is 5.75 Å². The molecule has 7 heteroatoms. The molecule has 114 valence electrons. The van der Waals surface area contributed by atoms with E-state index in [0.29, 0.717) is 11.6 Å². The average molecular weight is 293 g/mol. The van der Waals surface area contributed by atoms with Gasteiger partial charge in [-0.15, -0.1) is 0 Å². The second-order valence-electron chi connectivity index (χ2n) is 5.39. The van der Waals surface area contributed by atoms with E-state index in [0.717, 1.165) is 18.4 Å². The lowest BCUT2D eigenvalue weighted by Crippen LogP contribution is -2.46. The van der Waals surface area contributed by atoms with E-state index in [1.165, 1.54) is 6.07 Å². The first kappa shape index (κ1) is 15.2. The Kier molecular flexibility index (Phi) is 4.42. The van der Waals surface area contributed by atoms with Crippen LogP contribution >= 0.6 is 0 Å². The normalized spacial score (nSPS) is 15.5. The number of nitrogens with two attached hydrogens (primary N) is 1. The number of hydrogen-bond donors (Lipinski definition) is 2. The summed E-state index contributed by atoms with van der Waals surface area (Å²) in [5, 5.41) is 14.2. The number of ether oxygens (including phenoxy) is 1. The Morgan fingerprint density at radius 2 is 2.19 bits per heavy atom. The van der Waals surface area contributed by atoms with Gasteiger partial charge in [0, 0.05) is 12.1 Å². The molecule has 2 rings (SSSR count). The molecule has 1 aromatic carbocycles. The van der Waals surface area contributed by atoms with E-state index in [2.05, 4.69) is 5.32 Å². The van der Waals surface area contributed by atoms with Crippen molar-refractivity contribution in [2.45, 2.75) is 38.8 Å². The predicted octanol–water partition coefficient (Wildman–Crippen LogP) is 1.20. The van der Waals surface area contributed by atoms with E-state index in [4.69, 9.17) is 10.5 Å². The molecule has 1 aromatic rings. The maximum atomic E-state index is 11.4. The molecule has 1 aliphatic carbocycles. The molecule has 0 bridgehead atoms. The van der Waals surface area contributed by atoms with Crippen LogP contribution in [0.1, 0.15) is 24.0 Å². The summed E-state index contributed by atoms with van der Waals surface area (Å²) in [5.41, 5.74) is 6.68. The zero-order valence-electron chi connectivity index (χ0n) is 12.1. The number of benzene rings is 1. The topological polar surface area (TPSA) is 107 Å². The minimum atomic E-state index is -0.641. The highest BCUT2D eigenvalue weighted by atomic mass is 16.6. The van der Waals surface area contributed by atoms with Crippen LogP contribution in [0.3, 0.4) is 0 Å². The molecule has 1 aliphatic rings. The van der Waals surface area contributed by atoms with Gasteiger partial charge in [-0.2, -0.15) is 0 Å². The number of nitro groups is 1. The lowest BCUT2D eigenvalue weighted by molar-refractivity contribution is -0.386. The van der Waals surface area contributed by atoms with Crippen molar-refractivity contribution in [3.63, 3.8) is 0 Å². The van der Waals surface area contributed by atoms with Crippen molar-refractivity contribution >= 4 is 11.6 Å². The van der Waals surface area contributed by atoms with Gasteiger partial charge in [0.2, 0.25) is 5.91 Å². The highest BCUT2D eigenvalue weighted by molar-refractivity contribution is 5.80. The fourth-order valence-corrected chi connectivity index (χ4v) is 2.17. The highest BCUT2D eigenvalue weighted by Crippen LogP contribution is 2.32. The predicted molar refractivity (Wildman–Crippen MR) is 77.2 cm³/mol. The maximum Gasteiger partial charge on any atom is 0.311 e. The molecule has 1 fully saturated rings. The van der Waals surface area contributed by atoms with Gasteiger partial charge in [-0.05, 0) is 37.8 Å². The number of nitrogens with zero attached hydrogens (tertiary/aromatic N) is 1. The SMILES string of the molecule is Cc1cc(C)c(OCC(NC2CC2)C(N)=O)c([N+](=O)[O-])c1. The molecular formula is C14H19N3O4. The van der Waals surface area contributed by atoms with E-state index in [9.17, 15) is 14.9 Å². The number of amides is 1. The number of carbonyl (C=O) groups excluding carboxylic acids is 1. The van der Waals surface area contributed by atoms with Gasteiger partial charge in [-0.3, -0.25) is 14.9 Å². The molecule has 0 radical (unpaired) electrons. The van der Waals surface area contributed by atoms with Crippen LogP contribution in [0.2, 0.25) is 0 Å². The molecule has 0 spiro atoms. The summed E-state index contributed by atoms with van der Waals surface area (Å²) in [6, 6.07) is 2.91. The van der Waals surface area contributed by atoms with E-state index < -0.39 is 16.9 Å². The van der Waals surface area contributed by atoms with E-state index >= 15 is 0 Å². The molecule has 0 saturated heterocycles. The van der Waals surface area contributed by atoms with Gasteiger partial charge < -0.3 is 15.8 Å². The lowest BCUT2D eigenvalue weighted by atomic mass is 10.1. The molecule has 0 heterocycles. The zero-order chi connectivity index (χ0) is 15.6. The smallest absolute Gasteiger partial charge is 0.311 e. The van der Waals surface area contributed by atoms with Gasteiger partial charge in [-0.1, -0.05) is 6.07 Å². The Morgan fingerprint density at radius 1 is 1.52 bits per heavy atom. The van der Waals surface area contributed by atoms with Crippen LogP contribution in [0.25, 0.3) is 0 Å². The molecule has 3 N–H and O–H groups in total. The van der Waals surface area contributed by atoms with Gasteiger partial charge in [0.25, 0.3) is 0 Å². The lowest BCUT2D eigenvalue weighted by Gasteiger charge is -2.17. The second kappa shape index (κ2) is 6.09. The summed E-state index contributed by atoms with van der Waals surface area (Å²) in [5.74, 6) is -0.330. The third-order valence-electron chi connectivity index (χ3n) is 3.35. The van der Waals surface area contributed by atoms with E-state index in [1.54, 1.807) is 19.9 Å². The second-order valence-corrected chi connectivity index (χ2v) is 5.39. The largest absolute Gasteiger partial charge is 0.484 e. The average Bonchev–Trinajstić information content (AvgIpc) is 3.18. The maximum absolute atomic E-state index is 11.4. The first-order chi connectivity index (χ1) is 9.88. The van der Waals surface area contributed by atoms with Crippen molar-refractivity contribution in [3.05, 3.63) is 33.4 Å². The summed E-state index contributed by atoms with van der Waals surface area (Å²) in [4.78, 5) is 22.0. The van der Waals surface area contributed by atoms with Crippen LogP contribution in [0.4, 0.5) is 5.69 Å². The quantitative estimate of drug-likeness (QED) is 0.580. The number of hydrogen-bond acceptors (Lipinski definition) is 5. The first-order valence-corrected chi connectivity index (χ1v) is 6.82. The van der Waals surface area contributed by atoms with Crippen LogP contribution in [0.5, 0.6) is 5.75 Å². The first-order valence-electron chi connectivity index (χ1n) is 6.82. The number of primary amides is 1. The standard InChI is InChI=1S/C14H19N3O4/c1-8-5-9(2)13(12(6-8)17(19)20)21-7-11(14(15)18)16-10-3-4-10/h5-6,10-11,16H,3-4,7H2,1-2H3,(H2,15,18). The van der Waals surface area contributed by atoms with Gasteiger partial charge in [0.05, 0.1) is 4.92 Å². The Hall–Kier alpha value is -2.15. The van der Waals surface area contributed by atoms with Gasteiger partial charge in [-0.25, -0.2) is 0 Å². The Bertz CT molecular complexity index is 570. The molecule has 0 aromatic heterocycles. The third-order valence-corrected chi connectivity index (χ3v) is 3.35. The fourth-order valence-electron chi connectivity index (χ4n) is 2.17. The molecule has 21 heavy (non-hydrogen) atoms. The Balaban J connectivity index is 2.14. The number of nitro benzene ring substituents is 1. The molecule has 1 saturated carbocycles. The summed E-state index contributed by atoms with van der Waals surface area (Å²) < 4.78 is 5.53. The van der Waals surface area contributed by atoms with Crippen LogP contribution in [-0.4, -0.2) is 29.5 Å². The van der Waals surface area contributed by atoms with Gasteiger partial charge in [0.15, 0.2) is 5.75 Å². The van der Waals surface area contributed by atoms with Gasteiger partial charge >= 0.3 is 5.69 Å². The summed E-state index contributed by atoms with van der Waals surface area (Å²) in [6.07, 6.45) is 2.01. The van der Waals surface area contributed by atoms with E-state index in [-0.39, 0.29) is 18.0 Å². The van der Waals surface area contributed by atoms with Crippen molar-refractivity contribution in [2.75, 3.05) is 6.61 Å². The highest BCUT2D eigenvalue weighted by Gasteiger charge is 2.28. The van der Waals surface area contributed by atoms with Crippen LogP contribution in [0.15, 0.2) is 12.1 Å². The monoisotopic (exact) mass is 293 g/mol. The fraction of sp³-hybridized carbons (Fsp3) is 0.500. The van der Waals surface area contributed by atoms with Crippen LogP contribution in [0, 0.1) is 24.0 Å². The number of carbonyl (C=O) groups is 1. The van der Waals surface area contributed by atoms with Gasteiger partial charge in [0.1, 0.15) is 12.6 Å². The molecule has 1 unspecified atom stereocenters. The summed E-state index contributed by atoms with van der Waals surface area (Å²) in [6.45, 7) is 3.50. The van der Waals surface area contributed by atoms with Crippen LogP contribution in [-0.2, 0) is 4.79 Å². The zero-order valence-corrected chi connectivity index (χ0v) is 12.1. The van der Waals surface area contributed by atoms with Crippen molar-refractivity contribution in [2.24, 2.45) is 5.73 Å². The van der Waals surface area contributed by atoms with Crippen molar-refractivity contribution in [1.29, 1.82) is 0 Å². The molecule has 1 atom stereocenters. The number of rotatable bonds is 7. The van der Waals surface area contributed by atoms with Crippen molar-refractivity contribution in [1.82, 2.24) is 5.32 Å². The molecule has 0 aliphatic heterocycles. The minimum absolute atomic E-state index is 0.0173. The molecule has 1 amide bonds. The number of aryl methyl sites for hydroxylation is 2. The summed E-state index contributed by atoms with van der Waals surface area (Å²) in [7, 11) is 0. The van der Waals surface area contributed by atoms with Crippen molar-refractivity contribution < 1.29 is 14.5 Å². The summed E-state index contributed by atoms with van der Waals surface area (Å²) >= 11 is 0. The molecular weight excluding hydrogens is 274 g/mol. The third kappa shape index (κ3) is 3.91. The Morgan fingerprint density at radius 3 is 2.71 bits per heavy atom. The molecule has 7 nitrogen and oxygen atoms in total. The van der Waals surface area contributed by atoms with Crippen LogP contribution < -0.4 is 15.8 Å². The number of nitrogens with one attached hydrogen (secondary N) is 1. The Labute approximate surface area is 122 Å². The van der Waals surface area contributed by atoms with E-state index in [1.807, 2.05) is 0 Å². The minimum Gasteiger partial charge on any atom is -0.484 e.